The van der Waals surface area contributed by atoms with Gasteiger partial charge in [0.15, 0.2) is 0 Å². The molecule has 2 rings (SSSR count). The lowest BCUT2D eigenvalue weighted by Gasteiger charge is -2.09. The van der Waals surface area contributed by atoms with Crippen LogP contribution in [0, 0.1) is 27.7 Å². The van der Waals surface area contributed by atoms with Gasteiger partial charge in [-0.2, -0.15) is 0 Å². The molecule has 0 aliphatic carbocycles. The minimum absolute atomic E-state index is 0.350. The van der Waals surface area contributed by atoms with Gasteiger partial charge in [0.05, 0.1) is 5.56 Å². The number of aryl methyl sites for hydroxylation is 3. The van der Waals surface area contributed by atoms with Gasteiger partial charge in [-0.15, -0.1) is 0 Å². The Labute approximate surface area is 123 Å². The minimum atomic E-state index is -0.385. The molecule has 2 aromatic rings. The van der Waals surface area contributed by atoms with Crippen LogP contribution < -0.4 is 10.9 Å². The summed E-state index contributed by atoms with van der Waals surface area (Å²) in [4.78, 5) is 24.2. The lowest BCUT2D eigenvalue weighted by Crippen LogP contribution is -2.42. The van der Waals surface area contributed by atoms with Crippen molar-refractivity contribution in [2.75, 3.05) is 0 Å². The van der Waals surface area contributed by atoms with E-state index in [2.05, 4.69) is 10.9 Å². The van der Waals surface area contributed by atoms with Crippen molar-refractivity contribution in [3.05, 3.63) is 58.0 Å². The summed E-state index contributed by atoms with van der Waals surface area (Å²) < 4.78 is 5.40. The summed E-state index contributed by atoms with van der Waals surface area (Å²) in [7, 11) is 0. The van der Waals surface area contributed by atoms with Crippen molar-refractivity contribution in [2.45, 2.75) is 27.7 Å². The SMILES string of the molecule is Cc1ccccc1C(=O)NNC(=O)c1c(C)oc(C)c1C. The molecule has 0 spiro atoms. The van der Waals surface area contributed by atoms with Crippen LogP contribution in [0.2, 0.25) is 0 Å². The maximum absolute atomic E-state index is 12.1. The van der Waals surface area contributed by atoms with Gasteiger partial charge in [-0.3, -0.25) is 20.4 Å². The average Bonchev–Trinajstić information content (AvgIpc) is 2.70. The minimum Gasteiger partial charge on any atom is -0.466 e. The van der Waals surface area contributed by atoms with E-state index in [1.807, 2.05) is 26.0 Å². The molecular formula is C16H18N2O3. The molecule has 0 atom stereocenters. The fourth-order valence-electron chi connectivity index (χ4n) is 2.20. The second-order valence-corrected chi connectivity index (χ2v) is 4.94. The fraction of sp³-hybridized carbons (Fsp3) is 0.250. The monoisotopic (exact) mass is 286 g/mol. The molecule has 0 aliphatic heterocycles. The second-order valence-electron chi connectivity index (χ2n) is 4.94. The molecule has 0 saturated heterocycles. The molecule has 0 saturated carbocycles. The van der Waals surface area contributed by atoms with Crippen LogP contribution in [-0.2, 0) is 0 Å². The summed E-state index contributed by atoms with van der Waals surface area (Å²) in [6.45, 7) is 7.16. The topological polar surface area (TPSA) is 71.3 Å². The average molecular weight is 286 g/mol. The van der Waals surface area contributed by atoms with Gasteiger partial charge in [0.1, 0.15) is 11.5 Å². The summed E-state index contributed by atoms with van der Waals surface area (Å²) in [6.07, 6.45) is 0. The summed E-state index contributed by atoms with van der Waals surface area (Å²) in [5, 5.41) is 0. The van der Waals surface area contributed by atoms with E-state index >= 15 is 0 Å². The molecule has 0 unspecified atom stereocenters. The van der Waals surface area contributed by atoms with Crippen LogP contribution >= 0.6 is 0 Å². The van der Waals surface area contributed by atoms with E-state index in [-0.39, 0.29) is 11.8 Å². The molecule has 1 aromatic heterocycles. The van der Waals surface area contributed by atoms with E-state index in [1.165, 1.54) is 0 Å². The van der Waals surface area contributed by atoms with Gasteiger partial charge in [0.25, 0.3) is 11.8 Å². The molecular weight excluding hydrogens is 268 g/mol. The van der Waals surface area contributed by atoms with Gasteiger partial charge in [0.2, 0.25) is 0 Å². The zero-order valence-electron chi connectivity index (χ0n) is 12.5. The number of hydrogen-bond donors (Lipinski definition) is 2. The van der Waals surface area contributed by atoms with Crippen LogP contribution in [0.3, 0.4) is 0 Å². The molecule has 2 N–H and O–H groups in total. The van der Waals surface area contributed by atoms with Crippen LogP contribution in [0.1, 0.15) is 43.4 Å². The molecule has 0 fully saturated rings. The van der Waals surface area contributed by atoms with Gasteiger partial charge in [0, 0.05) is 11.1 Å². The third-order valence-corrected chi connectivity index (χ3v) is 3.47. The van der Waals surface area contributed by atoms with E-state index in [0.717, 1.165) is 11.1 Å². The number of rotatable bonds is 2. The smallest absolute Gasteiger partial charge is 0.273 e. The Morgan fingerprint density at radius 3 is 2.10 bits per heavy atom. The Balaban J connectivity index is 2.08. The van der Waals surface area contributed by atoms with Gasteiger partial charge in [-0.1, -0.05) is 18.2 Å². The van der Waals surface area contributed by atoms with Crippen molar-refractivity contribution in [3.63, 3.8) is 0 Å². The summed E-state index contributed by atoms with van der Waals surface area (Å²) in [6, 6.07) is 7.17. The van der Waals surface area contributed by atoms with Crippen molar-refractivity contribution in [3.8, 4) is 0 Å². The van der Waals surface area contributed by atoms with Crippen molar-refractivity contribution >= 4 is 11.8 Å². The highest BCUT2D eigenvalue weighted by molar-refractivity contribution is 6.00. The molecule has 1 heterocycles. The van der Waals surface area contributed by atoms with Crippen molar-refractivity contribution in [1.29, 1.82) is 0 Å². The van der Waals surface area contributed by atoms with Crippen LogP contribution in [0.15, 0.2) is 28.7 Å². The molecule has 21 heavy (non-hydrogen) atoms. The number of hydrazine groups is 1. The third kappa shape index (κ3) is 2.97. The largest absolute Gasteiger partial charge is 0.466 e. The number of furan rings is 1. The first-order valence-electron chi connectivity index (χ1n) is 6.64. The molecule has 0 bridgehead atoms. The molecule has 0 aliphatic rings. The first kappa shape index (κ1) is 14.8. The number of hydrogen-bond acceptors (Lipinski definition) is 3. The van der Waals surface area contributed by atoms with E-state index in [9.17, 15) is 9.59 Å². The van der Waals surface area contributed by atoms with E-state index < -0.39 is 0 Å². The molecule has 5 nitrogen and oxygen atoms in total. The molecule has 0 radical (unpaired) electrons. The Hall–Kier alpha value is -2.56. The first-order valence-corrected chi connectivity index (χ1v) is 6.64. The summed E-state index contributed by atoms with van der Waals surface area (Å²) in [5.41, 5.74) is 7.44. The quantitative estimate of drug-likeness (QED) is 0.834. The fourth-order valence-corrected chi connectivity index (χ4v) is 2.20. The van der Waals surface area contributed by atoms with Crippen LogP contribution in [0.4, 0.5) is 0 Å². The number of benzene rings is 1. The van der Waals surface area contributed by atoms with E-state index in [1.54, 1.807) is 26.0 Å². The molecule has 5 heteroatoms. The number of carbonyl (C=O) groups excluding carboxylic acids is 2. The van der Waals surface area contributed by atoms with Crippen LogP contribution in [-0.4, -0.2) is 11.8 Å². The molecule has 1 aromatic carbocycles. The summed E-state index contributed by atoms with van der Waals surface area (Å²) in [5.74, 6) is 0.497. The highest BCUT2D eigenvalue weighted by Gasteiger charge is 2.19. The van der Waals surface area contributed by atoms with Gasteiger partial charge >= 0.3 is 0 Å². The van der Waals surface area contributed by atoms with E-state index in [4.69, 9.17) is 4.42 Å². The second kappa shape index (κ2) is 5.83. The lowest BCUT2D eigenvalue weighted by molar-refractivity contribution is 0.0845. The standard InChI is InChI=1S/C16H18N2O3/c1-9-7-5-6-8-13(9)15(19)17-18-16(20)14-10(2)11(3)21-12(14)4/h5-8H,1-4H3,(H,17,19)(H,18,20). The Morgan fingerprint density at radius 2 is 1.52 bits per heavy atom. The Morgan fingerprint density at radius 1 is 0.905 bits per heavy atom. The molecule has 110 valence electrons. The highest BCUT2D eigenvalue weighted by atomic mass is 16.3. The van der Waals surface area contributed by atoms with Crippen molar-refractivity contribution in [1.82, 2.24) is 10.9 Å². The van der Waals surface area contributed by atoms with Crippen molar-refractivity contribution < 1.29 is 14.0 Å². The first-order chi connectivity index (χ1) is 9.91. The van der Waals surface area contributed by atoms with Crippen LogP contribution in [0.5, 0.6) is 0 Å². The zero-order valence-corrected chi connectivity index (χ0v) is 12.5. The Kier molecular flexibility index (Phi) is 4.12. The van der Waals surface area contributed by atoms with Gasteiger partial charge in [-0.05, 0) is 39.3 Å². The van der Waals surface area contributed by atoms with E-state index in [0.29, 0.717) is 22.6 Å². The number of carbonyl (C=O) groups is 2. The van der Waals surface area contributed by atoms with Crippen LogP contribution in [0.25, 0.3) is 0 Å². The van der Waals surface area contributed by atoms with Crippen molar-refractivity contribution in [2.24, 2.45) is 0 Å². The normalized spacial score (nSPS) is 10.3. The third-order valence-electron chi connectivity index (χ3n) is 3.47. The predicted octanol–water partition coefficient (Wildman–Crippen LogP) is 2.59. The number of nitrogens with one attached hydrogen (secondary N) is 2. The zero-order chi connectivity index (χ0) is 15.6. The molecule has 2 amide bonds. The maximum Gasteiger partial charge on any atom is 0.273 e. The number of amides is 2. The van der Waals surface area contributed by atoms with Gasteiger partial charge < -0.3 is 4.42 Å². The highest BCUT2D eigenvalue weighted by Crippen LogP contribution is 2.20. The Bertz CT molecular complexity index is 702. The predicted molar refractivity (Wildman–Crippen MR) is 79.0 cm³/mol. The summed E-state index contributed by atoms with van der Waals surface area (Å²) >= 11 is 0. The lowest BCUT2D eigenvalue weighted by atomic mass is 10.1. The van der Waals surface area contributed by atoms with Gasteiger partial charge in [-0.25, -0.2) is 0 Å². The maximum atomic E-state index is 12.1.